The number of hydrogen-bond donors (Lipinski definition) is 1. The Hall–Kier alpha value is -2.69. The number of carbonyl (C=O) groups is 2. The molecule has 1 saturated heterocycles. The van der Waals surface area contributed by atoms with E-state index in [0.717, 1.165) is 40.1 Å². The molecule has 2 aromatic heterocycles. The zero-order valence-electron chi connectivity index (χ0n) is 20.8. The van der Waals surface area contributed by atoms with Crippen molar-refractivity contribution < 1.29 is 14.3 Å². The quantitative estimate of drug-likeness (QED) is 0.387. The molecule has 3 aromatic rings. The van der Waals surface area contributed by atoms with Crippen molar-refractivity contribution in [2.24, 2.45) is 0 Å². The smallest absolute Gasteiger partial charge is 0.263 e. The lowest BCUT2D eigenvalue weighted by atomic mass is 10.1. The van der Waals surface area contributed by atoms with E-state index >= 15 is 0 Å². The summed E-state index contributed by atoms with van der Waals surface area (Å²) in [6, 6.07) is 5.95. The van der Waals surface area contributed by atoms with Gasteiger partial charge in [0.25, 0.3) is 5.56 Å². The SMILES string of the molecule is CC(=O)N1CCc2c(sc3nc(SCC(=O)Nc4cc(C)ccc4C)n(CC4CCCO4)c(=O)c23)C1. The van der Waals surface area contributed by atoms with Crippen LogP contribution in [0.25, 0.3) is 10.2 Å². The number of hydrogen-bond acceptors (Lipinski definition) is 7. The number of nitrogens with one attached hydrogen (secondary N) is 1. The van der Waals surface area contributed by atoms with Gasteiger partial charge >= 0.3 is 0 Å². The number of fused-ring (bicyclic) bond motifs is 3. The van der Waals surface area contributed by atoms with E-state index in [4.69, 9.17) is 9.72 Å². The van der Waals surface area contributed by atoms with E-state index in [-0.39, 0.29) is 29.2 Å². The summed E-state index contributed by atoms with van der Waals surface area (Å²) in [5, 5.41) is 4.17. The van der Waals surface area contributed by atoms with Crippen LogP contribution in [0, 0.1) is 13.8 Å². The zero-order chi connectivity index (χ0) is 25.4. The summed E-state index contributed by atoms with van der Waals surface area (Å²) in [4.78, 5) is 46.9. The number of nitrogens with zero attached hydrogens (tertiary/aromatic N) is 3. The number of aryl methyl sites for hydroxylation is 2. The van der Waals surface area contributed by atoms with Crippen LogP contribution < -0.4 is 10.9 Å². The van der Waals surface area contributed by atoms with Crippen LogP contribution in [0.5, 0.6) is 0 Å². The fraction of sp³-hybridized carbons (Fsp3) is 0.462. The highest BCUT2D eigenvalue weighted by Gasteiger charge is 2.27. The zero-order valence-corrected chi connectivity index (χ0v) is 22.4. The second-order valence-corrected chi connectivity index (χ2v) is 11.5. The van der Waals surface area contributed by atoms with Crippen LogP contribution in [-0.2, 0) is 33.8 Å². The fourth-order valence-electron chi connectivity index (χ4n) is 4.78. The maximum Gasteiger partial charge on any atom is 0.263 e. The average molecular weight is 527 g/mol. The van der Waals surface area contributed by atoms with Gasteiger partial charge in [-0.25, -0.2) is 4.98 Å². The predicted octanol–water partition coefficient (Wildman–Crippen LogP) is 3.89. The summed E-state index contributed by atoms with van der Waals surface area (Å²) >= 11 is 2.75. The lowest BCUT2D eigenvalue weighted by Crippen LogP contribution is -2.34. The normalized spacial score (nSPS) is 17.4. The van der Waals surface area contributed by atoms with Gasteiger partial charge in [0.2, 0.25) is 11.8 Å². The molecule has 36 heavy (non-hydrogen) atoms. The van der Waals surface area contributed by atoms with Gasteiger partial charge in [0.05, 0.1) is 30.3 Å². The first kappa shape index (κ1) is 25.0. The second-order valence-electron chi connectivity index (χ2n) is 9.47. The first-order valence-corrected chi connectivity index (χ1v) is 14.0. The van der Waals surface area contributed by atoms with Gasteiger partial charge in [0, 0.05) is 30.6 Å². The van der Waals surface area contributed by atoms with Gasteiger partial charge < -0.3 is 15.0 Å². The van der Waals surface area contributed by atoms with Crippen LogP contribution in [0.1, 0.15) is 41.3 Å². The minimum atomic E-state index is -0.144. The number of thiophene rings is 1. The Labute approximate surface area is 218 Å². The molecule has 2 aliphatic heterocycles. The van der Waals surface area contributed by atoms with Crippen LogP contribution in [0.2, 0.25) is 0 Å². The monoisotopic (exact) mass is 526 g/mol. The molecule has 1 fully saturated rings. The molecule has 0 radical (unpaired) electrons. The Morgan fingerprint density at radius 3 is 2.89 bits per heavy atom. The maximum atomic E-state index is 13.8. The van der Waals surface area contributed by atoms with Crippen molar-refractivity contribution in [3.05, 3.63) is 50.1 Å². The van der Waals surface area contributed by atoms with Gasteiger partial charge in [-0.15, -0.1) is 11.3 Å². The third-order valence-electron chi connectivity index (χ3n) is 6.78. The number of rotatable bonds is 6. The highest BCUT2D eigenvalue weighted by Crippen LogP contribution is 2.34. The van der Waals surface area contributed by atoms with Crippen LogP contribution in [-0.4, -0.2) is 51.3 Å². The summed E-state index contributed by atoms with van der Waals surface area (Å²) in [6.07, 6.45) is 2.49. The molecule has 1 unspecified atom stereocenters. The molecular formula is C26H30N4O4S2. The van der Waals surface area contributed by atoms with E-state index in [9.17, 15) is 14.4 Å². The number of carbonyl (C=O) groups excluding carboxylic acids is 2. The number of amides is 2. The Morgan fingerprint density at radius 1 is 1.31 bits per heavy atom. The van der Waals surface area contributed by atoms with Crippen LogP contribution >= 0.6 is 23.1 Å². The molecule has 1 aromatic carbocycles. The van der Waals surface area contributed by atoms with Crippen LogP contribution in [0.3, 0.4) is 0 Å². The molecule has 2 amide bonds. The van der Waals surface area contributed by atoms with Crippen molar-refractivity contribution in [2.45, 2.75) is 64.4 Å². The number of anilines is 1. The minimum Gasteiger partial charge on any atom is -0.376 e. The third kappa shape index (κ3) is 5.07. The van der Waals surface area contributed by atoms with E-state index in [2.05, 4.69) is 5.32 Å². The molecule has 4 heterocycles. The molecule has 0 bridgehead atoms. The molecule has 10 heteroatoms. The van der Waals surface area contributed by atoms with Crippen LogP contribution in [0.15, 0.2) is 28.2 Å². The maximum absolute atomic E-state index is 13.8. The van der Waals surface area contributed by atoms with Gasteiger partial charge in [-0.3, -0.25) is 19.0 Å². The minimum absolute atomic E-state index is 0.0345. The number of benzene rings is 1. The number of thioether (sulfide) groups is 1. The first-order valence-electron chi connectivity index (χ1n) is 12.2. The van der Waals surface area contributed by atoms with E-state index in [0.29, 0.717) is 48.0 Å². The van der Waals surface area contributed by atoms with Crippen molar-refractivity contribution in [1.82, 2.24) is 14.5 Å². The van der Waals surface area contributed by atoms with Crippen molar-refractivity contribution in [3.8, 4) is 0 Å². The molecule has 2 aliphatic rings. The Kier molecular flexibility index (Phi) is 7.18. The fourth-order valence-corrected chi connectivity index (χ4v) is 6.86. The first-order chi connectivity index (χ1) is 17.3. The van der Waals surface area contributed by atoms with Gasteiger partial charge in [0.15, 0.2) is 5.16 Å². The molecule has 190 valence electrons. The van der Waals surface area contributed by atoms with E-state index in [1.54, 1.807) is 16.4 Å². The molecule has 0 saturated carbocycles. The lowest BCUT2D eigenvalue weighted by Gasteiger charge is -2.25. The topological polar surface area (TPSA) is 93.5 Å². The second kappa shape index (κ2) is 10.4. The van der Waals surface area contributed by atoms with Crippen molar-refractivity contribution >= 4 is 50.8 Å². The summed E-state index contributed by atoms with van der Waals surface area (Å²) < 4.78 is 7.52. The predicted molar refractivity (Wildman–Crippen MR) is 143 cm³/mol. The largest absolute Gasteiger partial charge is 0.376 e. The molecule has 8 nitrogen and oxygen atoms in total. The molecule has 1 N–H and O–H groups in total. The molecule has 5 rings (SSSR count). The Bertz CT molecular complexity index is 1390. The highest BCUT2D eigenvalue weighted by molar-refractivity contribution is 7.99. The molecule has 0 spiro atoms. The number of aromatic nitrogens is 2. The molecular weight excluding hydrogens is 496 g/mol. The van der Waals surface area contributed by atoms with E-state index in [1.165, 1.54) is 23.1 Å². The Morgan fingerprint density at radius 2 is 2.14 bits per heavy atom. The van der Waals surface area contributed by atoms with Crippen LogP contribution in [0.4, 0.5) is 5.69 Å². The number of ether oxygens (including phenoxy) is 1. The summed E-state index contributed by atoms with van der Waals surface area (Å²) in [5.41, 5.74) is 3.79. The van der Waals surface area contributed by atoms with E-state index in [1.807, 2.05) is 32.0 Å². The molecule has 0 aliphatic carbocycles. The molecule has 1 atom stereocenters. The Balaban J connectivity index is 1.45. The van der Waals surface area contributed by atoms with Gasteiger partial charge in [-0.2, -0.15) is 0 Å². The van der Waals surface area contributed by atoms with Crippen molar-refractivity contribution in [3.63, 3.8) is 0 Å². The average Bonchev–Trinajstić information content (AvgIpc) is 3.49. The van der Waals surface area contributed by atoms with Crippen molar-refractivity contribution in [2.75, 3.05) is 24.2 Å². The summed E-state index contributed by atoms with van der Waals surface area (Å²) in [7, 11) is 0. The van der Waals surface area contributed by atoms with Gasteiger partial charge in [-0.1, -0.05) is 23.9 Å². The summed E-state index contributed by atoms with van der Waals surface area (Å²) in [5.74, 6) is 0.0299. The third-order valence-corrected chi connectivity index (χ3v) is 8.87. The standard InChI is InChI=1S/C26H30N4O4S2/c1-15-6-7-16(2)20(11-15)27-22(32)14-35-26-28-24-23(25(33)30(26)12-18-5-4-10-34-18)19-8-9-29(17(3)31)13-21(19)36-24/h6-7,11,18H,4-5,8-10,12-14H2,1-3H3,(H,27,32). The lowest BCUT2D eigenvalue weighted by molar-refractivity contribution is -0.129. The van der Waals surface area contributed by atoms with Gasteiger partial charge in [-0.05, 0) is 55.9 Å². The summed E-state index contributed by atoms with van der Waals surface area (Å²) in [6.45, 7) is 7.76. The van der Waals surface area contributed by atoms with E-state index < -0.39 is 0 Å². The van der Waals surface area contributed by atoms with Crippen molar-refractivity contribution in [1.29, 1.82) is 0 Å². The highest BCUT2D eigenvalue weighted by atomic mass is 32.2. The van der Waals surface area contributed by atoms with Gasteiger partial charge in [0.1, 0.15) is 4.83 Å².